The van der Waals surface area contributed by atoms with Crippen molar-refractivity contribution < 1.29 is 14.3 Å². The highest BCUT2D eigenvalue weighted by Gasteiger charge is 2.33. The second kappa shape index (κ2) is 5.82. The van der Waals surface area contributed by atoms with Crippen LogP contribution in [0.1, 0.15) is 36.0 Å². The first-order valence-corrected chi connectivity index (χ1v) is 7.61. The Kier molecular flexibility index (Phi) is 4.34. The molecule has 1 aliphatic rings. The number of nitrogens with one attached hydrogen (secondary N) is 1. The molecule has 0 aromatic heterocycles. The monoisotopic (exact) mass is 283 g/mol. The van der Waals surface area contributed by atoms with Crippen LogP contribution in [0, 0.1) is 5.82 Å². The SMILES string of the molecule is CSC1(CNC(=O)c2cc(F)ccc2O)CCCC1. The fourth-order valence-electron chi connectivity index (χ4n) is 2.50. The standard InChI is InChI=1S/C14H18FNO2S/c1-19-14(6-2-3-7-14)9-16-13(18)11-8-10(15)4-5-12(11)17/h4-5,8,17H,2-3,6-7,9H2,1H3,(H,16,18). The molecule has 1 amide bonds. The second-order valence-corrected chi connectivity index (χ2v) is 6.21. The van der Waals surface area contributed by atoms with Crippen molar-refractivity contribution >= 4 is 17.7 Å². The molecule has 1 fully saturated rings. The molecule has 0 heterocycles. The van der Waals surface area contributed by atoms with E-state index in [0.717, 1.165) is 25.0 Å². The summed E-state index contributed by atoms with van der Waals surface area (Å²) in [6.07, 6.45) is 6.59. The van der Waals surface area contributed by atoms with E-state index >= 15 is 0 Å². The number of thioether (sulfide) groups is 1. The molecule has 104 valence electrons. The molecule has 19 heavy (non-hydrogen) atoms. The van der Waals surface area contributed by atoms with Crippen LogP contribution in [-0.2, 0) is 0 Å². The molecule has 0 aliphatic heterocycles. The second-order valence-electron chi connectivity index (χ2n) is 4.94. The Morgan fingerprint density at radius 2 is 2.16 bits per heavy atom. The highest BCUT2D eigenvalue weighted by molar-refractivity contribution is 8.00. The van der Waals surface area contributed by atoms with Crippen LogP contribution in [0.4, 0.5) is 4.39 Å². The number of halogens is 1. The molecule has 5 heteroatoms. The fourth-order valence-corrected chi connectivity index (χ4v) is 3.41. The average molecular weight is 283 g/mol. The number of hydrogen-bond donors (Lipinski definition) is 2. The maximum atomic E-state index is 13.1. The van der Waals surface area contributed by atoms with Gasteiger partial charge < -0.3 is 10.4 Å². The number of benzene rings is 1. The van der Waals surface area contributed by atoms with E-state index in [1.54, 1.807) is 11.8 Å². The Labute approximate surface area is 116 Å². The molecular formula is C14H18FNO2S. The summed E-state index contributed by atoms with van der Waals surface area (Å²) in [6, 6.07) is 3.39. The summed E-state index contributed by atoms with van der Waals surface area (Å²) in [5.41, 5.74) is -0.00532. The van der Waals surface area contributed by atoms with Crippen LogP contribution >= 0.6 is 11.8 Å². The summed E-state index contributed by atoms with van der Waals surface area (Å²) >= 11 is 1.77. The summed E-state index contributed by atoms with van der Waals surface area (Å²) in [7, 11) is 0. The maximum Gasteiger partial charge on any atom is 0.255 e. The number of phenolic OH excluding ortho intramolecular Hbond substituents is 1. The van der Waals surface area contributed by atoms with Gasteiger partial charge in [0.15, 0.2) is 0 Å². The van der Waals surface area contributed by atoms with Gasteiger partial charge in [-0.2, -0.15) is 11.8 Å². The molecule has 0 atom stereocenters. The van der Waals surface area contributed by atoms with Crippen molar-refractivity contribution in [2.75, 3.05) is 12.8 Å². The largest absolute Gasteiger partial charge is 0.507 e. The first-order chi connectivity index (χ1) is 9.06. The van der Waals surface area contributed by atoms with Crippen LogP contribution in [-0.4, -0.2) is 28.6 Å². The fraction of sp³-hybridized carbons (Fsp3) is 0.500. The summed E-state index contributed by atoms with van der Waals surface area (Å²) < 4.78 is 13.2. The van der Waals surface area contributed by atoms with Crippen LogP contribution in [0.3, 0.4) is 0 Å². The Balaban J connectivity index is 2.03. The van der Waals surface area contributed by atoms with Gasteiger partial charge in [-0.3, -0.25) is 4.79 Å². The Bertz CT molecular complexity index is 473. The molecule has 0 unspecified atom stereocenters. The van der Waals surface area contributed by atoms with Crippen molar-refractivity contribution in [3.05, 3.63) is 29.6 Å². The Hall–Kier alpha value is -1.23. The molecule has 0 bridgehead atoms. The normalized spacial score (nSPS) is 17.4. The highest BCUT2D eigenvalue weighted by Crippen LogP contribution is 2.39. The third-order valence-electron chi connectivity index (χ3n) is 3.72. The first-order valence-electron chi connectivity index (χ1n) is 6.38. The average Bonchev–Trinajstić information content (AvgIpc) is 2.88. The lowest BCUT2D eigenvalue weighted by Crippen LogP contribution is -2.38. The molecule has 1 saturated carbocycles. The van der Waals surface area contributed by atoms with Crippen molar-refractivity contribution in [1.29, 1.82) is 0 Å². The molecule has 0 radical (unpaired) electrons. The predicted molar refractivity (Wildman–Crippen MR) is 75.1 cm³/mol. The van der Waals surface area contributed by atoms with Gasteiger partial charge in [0.2, 0.25) is 0 Å². The Morgan fingerprint density at radius 1 is 1.47 bits per heavy atom. The number of hydrogen-bond acceptors (Lipinski definition) is 3. The number of phenols is 1. The van der Waals surface area contributed by atoms with Gasteiger partial charge in [0.25, 0.3) is 5.91 Å². The molecule has 0 spiro atoms. The summed E-state index contributed by atoms with van der Waals surface area (Å²) in [6.45, 7) is 0.558. The summed E-state index contributed by atoms with van der Waals surface area (Å²) in [5, 5.41) is 12.4. The minimum Gasteiger partial charge on any atom is -0.507 e. The molecule has 1 aliphatic carbocycles. The van der Waals surface area contributed by atoms with E-state index in [9.17, 15) is 14.3 Å². The number of amides is 1. The molecular weight excluding hydrogens is 265 g/mol. The van der Waals surface area contributed by atoms with Crippen LogP contribution in [0.5, 0.6) is 5.75 Å². The van der Waals surface area contributed by atoms with Gasteiger partial charge in [0, 0.05) is 11.3 Å². The zero-order valence-corrected chi connectivity index (χ0v) is 11.7. The number of carbonyl (C=O) groups excluding carboxylic acids is 1. The molecule has 3 nitrogen and oxygen atoms in total. The van der Waals surface area contributed by atoms with Crippen LogP contribution in [0.2, 0.25) is 0 Å². The number of rotatable bonds is 4. The van der Waals surface area contributed by atoms with Crippen LogP contribution < -0.4 is 5.32 Å². The van der Waals surface area contributed by atoms with E-state index in [4.69, 9.17) is 0 Å². The molecule has 1 aromatic carbocycles. The van der Waals surface area contributed by atoms with E-state index in [2.05, 4.69) is 11.6 Å². The van der Waals surface area contributed by atoms with Gasteiger partial charge in [0.1, 0.15) is 11.6 Å². The highest BCUT2D eigenvalue weighted by atomic mass is 32.2. The van der Waals surface area contributed by atoms with Gasteiger partial charge >= 0.3 is 0 Å². The lowest BCUT2D eigenvalue weighted by molar-refractivity contribution is 0.0946. The van der Waals surface area contributed by atoms with Crippen molar-refractivity contribution in [1.82, 2.24) is 5.32 Å². The number of aromatic hydroxyl groups is 1. The van der Waals surface area contributed by atoms with E-state index in [1.165, 1.54) is 18.9 Å². The predicted octanol–water partition coefficient (Wildman–Crippen LogP) is 2.94. The Morgan fingerprint density at radius 3 is 2.79 bits per heavy atom. The van der Waals surface area contributed by atoms with Gasteiger partial charge in [-0.25, -0.2) is 4.39 Å². The van der Waals surface area contributed by atoms with E-state index in [0.29, 0.717) is 6.54 Å². The molecule has 0 saturated heterocycles. The van der Waals surface area contributed by atoms with E-state index in [-0.39, 0.29) is 16.1 Å². The zero-order chi connectivity index (χ0) is 13.9. The van der Waals surface area contributed by atoms with E-state index in [1.807, 2.05) is 0 Å². The quantitative estimate of drug-likeness (QED) is 0.893. The van der Waals surface area contributed by atoms with Gasteiger partial charge in [-0.05, 0) is 37.3 Å². The molecule has 1 aromatic rings. The van der Waals surface area contributed by atoms with Gasteiger partial charge in [-0.15, -0.1) is 0 Å². The van der Waals surface area contributed by atoms with Crippen LogP contribution in [0.15, 0.2) is 18.2 Å². The molecule has 2 N–H and O–H groups in total. The van der Waals surface area contributed by atoms with Crippen molar-refractivity contribution in [3.63, 3.8) is 0 Å². The first kappa shape index (κ1) is 14.2. The van der Waals surface area contributed by atoms with Crippen molar-refractivity contribution in [3.8, 4) is 5.75 Å². The minimum absolute atomic E-state index is 0.00532. The summed E-state index contributed by atoms with van der Waals surface area (Å²) in [4.78, 5) is 12.0. The van der Waals surface area contributed by atoms with Crippen LogP contribution in [0.25, 0.3) is 0 Å². The van der Waals surface area contributed by atoms with Crippen molar-refractivity contribution in [2.24, 2.45) is 0 Å². The lowest BCUT2D eigenvalue weighted by atomic mass is 10.1. The van der Waals surface area contributed by atoms with Gasteiger partial charge in [-0.1, -0.05) is 12.8 Å². The van der Waals surface area contributed by atoms with Crippen molar-refractivity contribution in [2.45, 2.75) is 30.4 Å². The topological polar surface area (TPSA) is 49.3 Å². The maximum absolute atomic E-state index is 13.1. The molecule has 2 rings (SSSR count). The smallest absolute Gasteiger partial charge is 0.255 e. The van der Waals surface area contributed by atoms with Gasteiger partial charge in [0.05, 0.1) is 5.56 Å². The lowest BCUT2D eigenvalue weighted by Gasteiger charge is -2.26. The zero-order valence-electron chi connectivity index (χ0n) is 10.9. The third-order valence-corrected chi connectivity index (χ3v) is 5.14. The number of carbonyl (C=O) groups is 1. The summed E-state index contributed by atoms with van der Waals surface area (Å²) in [5.74, 6) is -1.13. The minimum atomic E-state index is -0.525. The van der Waals surface area contributed by atoms with E-state index < -0.39 is 11.7 Å². The third kappa shape index (κ3) is 3.21.